The Kier molecular flexibility index (Phi) is 31.4. The van der Waals surface area contributed by atoms with Crippen molar-refractivity contribution in [1.29, 1.82) is 0 Å². The fourth-order valence-corrected chi connectivity index (χ4v) is 12.3. The second kappa shape index (κ2) is 42.2. The third-order valence-corrected chi connectivity index (χ3v) is 19.4. The van der Waals surface area contributed by atoms with Crippen LogP contribution in [0.1, 0.15) is 111 Å². The molecule has 0 atom stereocenters. The lowest BCUT2D eigenvalue weighted by Gasteiger charge is -2.11. The summed E-state index contributed by atoms with van der Waals surface area (Å²) in [6, 6.07) is 16.4. The number of phenolic OH excluding ortho intramolecular Hbond substituents is 48. The number of ketones is 7. The molecule has 0 heterocycles. The van der Waals surface area contributed by atoms with E-state index in [0.29, 0.717) is 60.7 Å². The molecule has 0 amide bonds. The molecule has 55 heteroatoms. The topological polar surface area (TPSA) is 1090 Å². The van der Waals surface area contributed by atoms with Gasteiger partial charge in [-0.05, 0) is 42.5 Å². The number of aromatic hydroxyl groups is 48. The van der Waals surface area contributed by atoms with Crippen molar-refractivity contribution in [3.63, 3.8) is 0 Å². The van der Waals surface area contributed by atoms with E-state index >= 15 is 0 Å². The van der Waals surface area contributed by atoms with Crippen LogP contribution in [0.4, 0.5) is 0 Å². The highest BCUT2D eigenvalue weighted by atomic mass is 16.4. The normalized spacial score (nSPS) is 10.5. The molecule has 48 N–H and O–H groups in total. The largest absolute Gasteiger partial charge is 0.508 e. The van der Waals surface area contributed by atoms with E-state index in [-0.39, 0.29) is 5.75 Å². The molecule has 0 aliphatic heterocycles. The van der Waals surface area contributed by atoms with E-state index in [9.17, 15) is 268 Å². The van der Waals surface area contributed by atoms with Crippen molar-refractivity contribution in [2.24, 2.45) is 0 Å². The summed E-state index contributed by atoms with van der Waals surface area (Å²) in [5, 5.41) is 453. The summed E-state index contributed by atoms with van der Waals surface area (Å²) in [5.41, 5.74) is -10.1. The van der Waals surface area contributed by atoms with Gasteiger partial charge >= 0.3 is 0 Å². The van der Waals surface area contributed by atoms with Crippen LogP contribution in [-0.4, -0.2) is 286 Å². The third kappa shape index (κ3) is 22.0. The maximum absolute atomic E-state index is 12.2. The zero-order chi connectivity index (χ0) is 110. The predicted octanol–water partition coefficient (Wildman–Crippen LogP) is 6.29. The van der Waals surface area contributed by atoms with Gasteiger partial charge in [0.2, 0.25) is 57.7 Å². The van der Waals surface area contributed by atoms with Crippen LogP contribution in [-0.2, 0) is 0 Å². The van der Waals surface area contributed by atoms with Crippen molar-refractivity contribution in [2.75, 3.05) is 0 Å². The highest BCUT2D eigenvalue weighted by Crippen LogP contribution is 2.54. The summed E-state index contributed by atoms with van der Waals surface area (Å²) in [4.78, 5) is 85.3. The van der Waals surface area contributed by atoms with E-state index in [4.69, 9.17) is 10.2 Å². The Morgan fingerprint density at radius 3 is 0.541 bits per heavy atom. The van der Waals surface area contributed by atoms with E-state index in [1.165, 1.54) is 0 Å². The number of rotatable bonds is 14. The van der Waals surface area contributed by atoms with Crippen molar-refractivity contribution < 1.29 is 279 Å². The average molecular weight is 2040 g/mol. The molecule has 14 rings (SSSR count). The molecule has 0 radical (unpaired) electrons. The van der Waals surface area contributed by atoms with E-state index in [1.54, 1.807) is 0 Å². The lowest BCUT2D eigenvalue weighted by atomic mass is 9.98. The van der Waals surface area contributed by atoms with Crippen LogP contribution in [0.2, 0.25) is 0 Å². The molecule has 14 aromatic rings. The molecule has 14 aromatic carbocycles. The number of carbonyl (C=O) groups excluding carboxylic acids is 7. The fraction of sp³-hybridized carbons (Fsp3) is 0. The second-order valence-electron chi connectivity index (χ2n) is 29.1. The van der Waals surface area contributed by atoms with Gasteiger partial charge in [0.15, 0.2) is 172 Å². The highest BCUT2D eigenvalue weighted by molar-refractivity contribution is 6.20. The molecule has 55 nitrogen and oxygen atoms in total. The standard InChI is InChI=1S/6C13H10O8.C13H10O7/c14-5-2-7(16)6(15)1-4(5)11(19)10-12(20)8(17)3-9(18)13(10)21;14-5-2-7(16)6(15)1-4(5)11(19)10-8(17)3-9(18)12(20)13(10)21;14-4-1-5(10(18)7(16)2-4)11(19)9-6(15)3-8(17)12(20)13(9)21;14-4-1-5(10(18)6(15)2-4)11(19)9-12(20)7(16)3-8(17)13(9)21;14-4-1-5(15)9(6(16)2-4)13(21)10-11(19)7(17)3-8(18)12(10)20;14-4-1-5(15)9(6(16)2-4)12(20)10-7(17)3-8(18)11(19)13(10)21;14-5-1-2-7(15)6(3-5)11(18)10-12(19)8(16)4-9(17)13(10)20/h4*1-3,14-18,20-21H;1-3,14-20H;1-3,14-19,21H;1-4,14-17,19-20H. The number of hydrogen-bond donors (Lipinski definition) is 48. The molecule has 0 unspecified atom stereocenters. The molecule has 0 aliphatic rings. The monoisotopic (exact) mass is 2040 g/mol. The Morgan fingerprint density at radius 1 is 0.103 bits per heavy atom. The van der Waals surface area contributed by atoms with E-state index in [1.807, 2.05) is 0 Å². The summed E-state index contributed by atoms with van der Waals surface area (Å²) < 4.78 is 0. The van der Waals surface area contributed by atoms with Gasteiger partial charge in [-0.2, -0.15) is 0 Å². The van der Waals surface area contributed by atoms with Crippen molar-refractivity contribution in [2.45, 2.75) is 0 Å². The Morgan fingerprint density at radius 2 is 0.267 bits per heavy atom. The number of phenols is 48. The molecule has 0 saturated heterocycles. The van der Waals surface area contributed by atoms with Gasteiger partial charge in [-0.15, -0.1) is 0 Å². The molecule has 0 bridgehead atoms. The molecule has 0 aliphatic carbocycles. The van der Waals surface area contributed by atoms with Gasteiger partial charge in [-0.25, -0.2) is 0 Å². The van der Waals surface area contributed by atoms with Crippen LogP contribution in [0.5, 0.6) is 276 Å². The van der Waals surface area contributed by atoms with Crippen molar-refractivity contribution in [3.05, 3.63) is 211 Å². The first-order valence-electron chi connectivity index (χ1n) is 38.4. The first kappa shape index (κ1) is 108. The smallest absolute Gasteiger partial charge is 0.208 e. The molecule has 0 spiro atoms. The highest BCUT2D eigenvalue weighted by Gasteiger charge is 2.36. The Bertz CT molecular complexity index is 7570. The lowest BCUT2D eigenvalue weighted by Crippen LogP contribution is -2.03. The van der Waals surface area contributed by atoms with Crippen molar-refractivity contribution >= 4 is 40.5 Å². The maximum Gasteiger partial charge on any atom is 0.208 e. The molecule has 0 saturated carbocycles. The predicted molar refractivity (Wildman–Crippen MR) is 474 cm³/mol. The van der Waals surface area contributed by atoms with Gasteiger partial charge in [0, 0.05) is 91.0 Å². The maximum atomic E-state index is 12.2. The fourth-order valence-electron chi connectivity index (χ4n) is 12.3. The van der Waals surface area contributed by atoms with Crippen LogP contribution in [0.15, 0.2) is 133 Å². The summed E-state index contributed by atoms with van der Waals surface area (Å²) >= 11 is 0. The summed E-state index contributed by atoms with van der Waals surface area (Å²) in [6.07, 6.45) is 0. The SMILES string of the molecule is O=C(c1c(O)cc(O)cc1O)c1c(O)c(O)cc(O)c1O.O=C(c1c(O)cc(O)cc1O)c1c(O)cc(O)c(O)c1O.O=C(c1cc(O)c(O)cc1O)c1c(O)c(O)cc(O)c1O.O=C(c1cc(O)c(O)cc1O)c1c(O)cc(O)c(O)c1O.O=C(c1cc(O)cc(O)c1O)c1c(O)c(O)cc(O)c1O.O=C(c1cc(O)cc(O)c1O)c1c(O)cc(O)c(O)c1O.O=C(c1cc(O)ccc1O)c1c(O)c(O)cc(O)c1O. The van der Waals surface area contributed by atoms with Crippen molar-refractivity contribution in [3.8, 4) is 276 Å². The van der Waals surface area contributed by atoms with Gasteiger partial charge in [-0.1, -0.05) is 0 Å². The quantitative estimate of drug-likeness (QED) is 0.0323. The zero-order valence-corrected chi connectivity index (χ0v) is 71.5. The van der Waals surface area contributed by atoms with E-state index in [0.717, 1.165) is 72.8 Å². The number of benzene rings is 14. The number of hydrogen-bond acceptors (Lipinski definition) is 55. The van der Waals surface area contributed by atoms with Crippen LogP contribution in [0, 0.1) is 0 Å². The van der Waals surface area contributed by atoms with E-state index in [2.05, 4.69) is 0 Å². The molecule has 0 aromatic heterocycles. The Labute approximate surface area is 803 Å². The van der Waals surface area contributed by atoms with E-state index < -0.39 is 389 Å². The lowest BCUT2D eigenvalue weighted by molar-refractivity contribution is 0.101. The molecular weight excluding hydrogens is 1970 g/mol. The van der Waals surface area contributed by atoms with Crippen LogP contribution in [0.3, 0.4) is 0 Å². The van der Waals surface area contributed by atoms with Gasteiger partial charge in [0.25, 0.3) is 0 Å². The third-order valence-electron chi connectivity index (χ3n) is 19.4. The molecule has 764 valence electrons. The summed E-state index contributed by atoms with van der Waals surface area (Å²) in [6.45, 7) is 0. The minimum absolute atomic E-state index is 0.325. The van der Waals surface area contributed by atoms with Crippen molar-refractivity contribution in [1.82, 2.24) is 0 Å². The van der Waals surface area contributed by atoms with Crippen LogP contribution in [0.25, 0.3) is 0 Å². The molecule has 146 heavy (non-hydrogen) atoms. The van der Waals surface area contributed by atoms with Crippen LogP contribution >= 0.6 is 0 Å². The average Bonchev–Trinajstić information content (AvgIpc) is 0.776. The summed E-state index contributed by atoms with van der Waals surface area (Å²) in [7, 11) is 0. The Hall–Kier alpha value is -22.8. The minimum Gasteiger partial charge on any atom is -0.508 e. The summed E-state index contributed by atoms with van der Waals surface area (Å²) in [5.74, 6) is -48.7. The van der Waals surface area contributed by atoms with Gasteiger partial charge < -0.3 is 245 Å². The molecule has 0 fully saturated rings. The van der Waals surface area contributed by atoms with Gasteiger partial charge in [-0.3, -0.25) is 33.6 Å². The molecular formula is C91H70O55. The van der Waals surface area contributed by atoms with Crippen LogP contribution < -0.4 is 0 Å². The minimum atomic E-state index is -1.27. The number of carbonyl (C=O) groups is 7. The zero-order valence-electron chi connectivity index (χ0n) is 71.5. The first-order valence-corrected chi connectivity index (χ1v) is 38.4. The second-order valence-corrected chi connectivity index (χ2v) is 29.1. The van der Waals surface area contributed by atoms with Gasteiger partial charge in [0.05, 0.1) is 27.8 Å². The van der Waals surface area contributed by atoms with Gasteiger partial charge in [0.1, 0.15) is 136 Å². The first-order chi connectivity index (χ1) is 67.7. The Balaban J connectivity index is 0.000000208.